The first-order chi connectivity index (χ1) is 53.7. The van der Waals surface area contributed by atoms with E-state index >= 15 is 0 Å². The third-order valence-corrected chi connectivity index (χ3v) is 22.6. The van der Waals surface area contributed by atoms with Crippen molar-refractivity contribution in [3.8, 4) is 0 Å². The molecule has 5 fully saturated rings. The minimum absolute atomic E-state index is 0.0668. The van der Waals surface area contributed by atoms with E-state index in [1.807, 2.05) is 34.6 Å². The van der Waals surface area contributed by atoms with E-state index in [0.717, 1.165) is 58.2 Å². The average molecular weight is 1640 g/mol. The van der Waals surface area contributed by atoms with Crippen molar-refractivity contribution in [2.75, 3.05) is 58.9 Å². The molecule has 116 heavy (non-hydrogen) atoms. The second-order valence-electron chi connectivity index (χ2n) is 37.3. The van der Waals surface area contributed by atoms with Crippen molar-refractivity contribution >= 4 is 94.5 Å². The van der Waals surface area contributed by atoms with Crippen LogP contribution in [0.15, 0.2) is 0 Å². The lowest BCUT2D eigenvalue weighted by atomic mass is 9.93. The molecule has 34 heteroatoms. The molecule has 5 aliphatic rings. The molecule has 0 radical (unpaired) electrons. The van der Waals surface area contributed by atoms with Gasteiger partial charge in [-0.15, -0.1) is 0 Å². The number of nitrogens with zero attached hydrogens (tertiary/aromatic N) is 5. The zero-order valence-corrected chi connectivity index (χ0v) is 73.5. The van der Waals surface area contributed by atoms with Gasteiger partial charge < -0.3 is 83.8 Å². The van der Waals surface area contributed by atoms with Crippen molar-refractivity contribution in [1.82, 2.24) is 93.6 Å². The highest BCUT2D eigenvalue weighted by molar-refractivity contribution is 6.03. The van der Waals surface area contributed by atoms with Gasteiger partial charge in [-0.05, 0) is 224 Å². The molecule has 0 aromatic rings. The van der Waals surface area contributed by atoms with Crippen LogP contribution >= 0.6 is 0 Å². The van der Waals surface area contributed by atoms with E-state index in [0.29, 0.717) is 57.3 Å². The summed E-state index contributed by atoms with van der Waals surface area (Å²) in [5.74, 6) is -9.73. The first kappa shape index (κ1) is 98.0. The third kappa shape index (κ3) is 27.8. The fourth-order valence-corrected chi connectivity index (χ4v) is 15.5. The number of amides is 16. The van der Waals surface area contributed by atoms with Gasteiger partial charge >= 0.3 is 0 Å². The van der Waals surface area contributed by atoms with Crippen molar-refractivity contribution in [2.45, 2.75) is 349 Å². The summed E-state index contributed by atoms with van der Waals surface area (Å²) < 4.78 is 0. The Morgan fingerprint density at radius 2 is 0.810 bits per heavy atom. The molecule has 5 heterocycles. The molecular formula is C82H142N18O16. The smallest absolute Gasteiger partial charge is 0.248 e. The Morgan fingerprint density at radius 3 is 1.31 bits per heavy atom. The molecule has 13 N–H and O–H groups in total. The van der Waals surface area contributed by atoms with Crippen molar-refractivity contribution in [3.63, 3.8) is 0 Å². The summed E-state index contributed by atoms with van der Waals surface area (Å²) in [5, 5.41) is 35.7. The van der Waals surface area contributed by atoms with E-state index in [4.69, 9.17) is 0 Å². The van der Waals surface area contributed by atoms with Crippen LogP contribution in [-0.4, -0.2) is 265 Å². The summed E-state index contributed by atoms with van der Waals surface area (Å²) in [5.41, 5.74) is -11.1. The Hall–Kier alpha value is -8.56. The standard InChI is InChI=1S/C82H142N18O16/c1-23-82(22,73(114)86-54(44-49(2)3)48-97-40-31-39-96-38-30-35-62(96)97)93-65(106)56(46-51(6)7)87-63(104)52(8)85-69(110)76(10,11)90-67(108)58-33-26-29-43-100(58)75(116)81(20,21)95-71(112)78(14,15)89-61(103)47-84-60(102)36-37-83-64(105)55(45-50(4)5)88-70(111)77(12,13)94-72(113)79(16,17)91-68(109)59-34-25-28-42-99(59)74(115)80(18,19)92-66(107)57-32-24-27-41-98(57)53(9)101/h49-52,54-59,62H,23-48H2,1-22H3,(H,83,105)(H,84,102)(H,85,110)(H,86,114)(H,87,104)(H,88,111)(H,89,103)(H,90,108)(H,91,109)(H,92,107)(H,93,106)(H,94,113)(H,95,112)/t52-,54-,55-,56-,57-,58-,59-,62?,82-/m0/s1. The first-order valence-corrected chi connectivity index (χ1v) is 42.1. The number of fused-ring (bicyclic) bond motifs is 1. The number of rotatable bonds is 38. The topological polar surface area (TPSA) is 446 Å². The van der Waals surface area contributed by atoms with Gasteiger partial charge in [0.1, 0.15) is 75.0 Å². The quantitative estimate of drug-likeness (QED) is 0.0418. The summed E-state index contributed by atoms with van der Waals surface area (Å²) in [6.45, 7) is 39.1. The predicted molar refractivity (Wildman–Crippen MR) is 437 cm³/mol. The van der Waals surface area contributed by atoms with Crippen LogP contribution in [0.2, 0.25) is 0 Å². The maximum Gasteiger partial charge on any atom is 0.248 e. The van der Waals surface area contributed by atoms with Crippen LogP contribution in [0.1, 0.15) is 261 Å². The number of carbonyl (C=O) groups excluding carboxylic acids is 16. The molecule has 16 amide bonds. The van der Waals surface area contributed by atoms with Crippen LogP contribution in [0.3, 0.4) is 0 Å². The van der Waals surface area contributed by atoms with Gasteiger partial charge in [0.25, 0.3) is 0 Å². The number of nitrogens with one attached hydrogen (secondary N) is 13. The molecule has 0 spiro atoms. The third-order valence-electron chi connectivity index (χ3n) is 22.6. The molecule has 0 aliphatic carbocycles. The van der Waals surface area contributed by atoms with Gasteiger partial charge in [-0.2, -0.15) is 0 Å². The minimum Gasteiger partial charge on any atom is -0.354 e. The SMILES string of the molecule is CC[C@](C)(NC(=O)[C@H](CC(C)C)NC(=O)[C@H](C)NC(=O)C(C)(C)NC(=O)[C@@H]1CCCCN1C(=O)C(C)(C)NC(=O)C(C)(C)NC(=O)CNC(=O)CCNC(=O)[C@H](CC(C)C)NC(=O)C(C)(C)NC(=O)C(C)(C)NC(=O)[C@@H]1CCCCN1C(=O)C(C)(C)NC(=O)[C@@H]1CCCCN1C(C)=O)C(=O)N[C@@H](CC(C)C)CN1CCCN2CCCC21. The Morgan fingerprint density at radius 1 is 0.379 bits per heavy atom. The Balaban J connectivity index is 1.08. The van der Waals surface area contributed by atoms with Crippen LogP contribution in [0.4, 0.5) is 0 Å². The zero-order valence-electron chi connectivity index (χ0n) is 73.5. The molecule has 1 unspecified atom stereocenters. The number of hydrogen-bond donors (Lipinski definition) is 13. The van der Waals surface area contributed by atoms with E-state index in [1.54, 1.807) is 20.8 Å². The summed E-state index contributed by atoms with van der Waals surface area (Å²) in [6.07, 6.45) is 9.42. The van der Waals surface area contributed by atoms with E-state index in [-0.39, 0.29) is 87.9 Å². The molecule has 5 saturated heterocycles. The van der Waals surface area contributed by atoms with Crippen LogP contribution < -0.4 is 69.1 Å². The number of carbonyl (C=O) groups is 16. The monoisotopic (exact) mass is 1640 g/mol. The fraction of sp³-hybridized carbons (Fsp3) is 0.805. The average Bonchev–Trinajstić information content (AvgIpc) is 0.910. The molecule has 34 nitrogen and oxygen atoms in total. The lowest BCUT2D eigenvalue weighted by Crippen LogP contribution is -2.67. The Labute approximate surface area is 687 Å². The van der Waals surface area contributed by atoms with Gasteiger partial charge in [-0.1, -0.05) is 48.5 Å². The lowest BCUT2D eigenvalue weighted by molar-refractivity contribution is -0.150. The summed E-state index contributed by atoms with van der Waals surface area (Å²) in [4.78, 5) is 231. The molecule has 0 aromatic heterocycles. The lowest BCUT2D eigenvalue weighted by Gasteiger charge is -2.42. The molecule has 5 rings (SSSR count). The predicted octanol–water partition coefficient (Wildman–Crippen LogP) is 1.65. The summed E-state index contributed by atoms with van der Waals surface area (Å²) >= 11 is 0. The maximum absolute atomic E-state index is 14.5. The normalized spacial score (nSPS) is 20.2. The van der Waals surface area contributed by atoms with Crippen LogP contribution in [0.5, 0.6) is 0 Å². The summed E-state index contributed by atoms with van der Waals surface area (Å²) in [6, 6.07) is -6.40. The molecule has 656 valence electrons. The molecule has 5 aliphatic heterocycles. The van der Waals surface area contributed by atoms with E-state index in [2.05, 4.69) is 92.8 Å². The van der Waals surface area contributed by atoms with Gasteiger partial charge in [0.05, 0.1) is 12.7 Å². The van der Waals surface area contributed by atoms with E-state index < -0.39 is 164 Å². The second kappa shape index (κ2) is 41.7. The van der Waals surface area contributed by atoms with Gasteiger partial charge in [-0.3, -0.25) is 86.5 Å². The van der Waals surface area contributed by atoms with Crippen molar-refractivity contribution < 1.29 is 76.7 Å². The number of piperidine rings is 3. The van der Waals surface area contributed by atoms with Crippen LogP contribution in [0, 0.1) is 17.8 Å². The van der Waals surface area contributed by atoms with Crippen molar-refractivity contribution in [1.29, 1.82) is 0 Å². The zero-order chi connectivity index (χ0) is 87.6. The highest BCUT2D eigenvalue weighted by Gasteiger charge is 2.49. The van der Waals surface area contributed by atoms with Gasteiger partial charge in [0.15, 0.2) is 0 Å². The fourth-order valence-electron chi connectivity index (χ4n) is 15.5. The number of hydrogen-bond acceptors (Lipinski definition) is 18. The Kier molecular flexibility index (Phi) is 35.2. The van der Waals surface area contributed by atoms with Gasteiger partial charge in [0, 0.05) is 65.2 Å². The van der Waals surface area contributed by atoms with E-state index in [1.165, 1.54) is 97.8 Å². The van der Waals surface area contributed by atoms with Crippen LogP contribution in [0.25, 0.3) is 0 Å². The second-order valence-corrected chi connectivity index (χ2v) is 37.3. The van der Waals surface area contributed by atoms with Crippen molar-refractivity contribution in [2.24, 2.45) is 17.8 Å². The molecule has 9 atom stereocenters. The maximum atomic E-state index is 14.5. The van der Waals surface area contributed by atoms with Crippen LogP contribution in [-0.2, 0) is 76.7 Å². The summed E-state index contributed by atoms with van der Waals surface area (Å²) in [7, 11) is 0. The minimum atomic E-state index is -1.67. The molecule has 0 aromatic carbocycles. The van der Waals surface area contributed by atoms with Gasteiger partial charge in [-0.25, -0.2) is 0 Å². The van der Waals surface area contributed by atoms with E-state index in [9.17, 15) is 76.7 Å². The largest absolute Gasteiger partial charge is 0.354 e. The highest BCUT2D eigenvalue weighted by atomic mass is 16.2. The molecule has 0 saturated carbocycles. The van der Waals surface area contributed by atoms with Gasteiger partial charge in [0.2, 0.25) is 94.5 Å². The molecule has 0 bridgehead atoms. The van der Waals surface area contributed by atoms with Crippen molar-refractivity contribution in [3.05, 3.63) is 0 Å². The molecular weight excluding hydrogens is 1490 g/mol. The highest BCUT2D eigenvalue weighted by Crippen LogP contribution is 2.29. The Bertz CT molecular complexity index is 3560. The number of likely N-dealkylation sites (tertiary alicyclic amines) is 3. The first-order valence-electron chi connectivity index (χ1n) is 42.1.